The van der Waals surface area contributed by atoms with Crippen LogP contribution in [0.4, 0.5) is 0 Å². The van der Waals surface area contributed by atoms with Gasteiger partial charge in [-0.1, -0.05) is 401 Å². The maximum atomic E-state index is 13.1. The average Bonchev–Trinajstić information content (AvgIpc) is 0.935. The van der Waals surface area contributed by atoms with Crippen LogP contribution in [0.15, 0.2) is 0 Å². The van der Waals surface area contributed by atoms with Crippen LogP contribution in [0.3, 0.4) is 0 Å². The Morgan fingerprint density at radius 1 is 0.260 bits per heavy atom. The summed E-state index contributed by atoms with van der Waals surface area (Å²) in [6, 6.07) is 0. The van der Waals surface area contributed by atoms with Gasteiger partial charge in [-0.05, 0) is 37.5 Å². The average molecular weight is 1520 g/mol. The lowest BCUT2D eigenvalue weighted by atomic mass is 10.0. The van der Waals surface area contributed by atoms with Gasteiger partial charge in [-0.15, -0.1) is 0 Å². The summed E-state index contributed by atoms with van der Waals surface area (Å²) in [6.45, 7) is 9.69. The zero-order chi connectivity index (χ0) is 76.4. The van der Waals surface area contributed by atoms with E-state index < -0.39 is 97.5 Å². The van der Waals surface area contributed by atoms with Crippen LogP contribution in [0.25, 0.3) is 0 Å². The highest BCUT2D eigenvalue weighted by atomic mass is 31.2. The molecule has 5 atom stereocenters. The number of esters is 4. The van der Waals surface area contributed by atoms with Gasteiger partial charge in [-0.2, -0.15) is 0 Å². The fourth-order valence-electron chi connectivity index (χ4n) is 13.2. The molecule has 0 saturated carbocycles. The molecule has 0 aliphatic carbocycles. The minimum absolute atomic E-state index is 0.108. The number of hydrogen-bond acceptors (Lipinski definition) is 15. The summed E-state index contributed by atoms with van der Waals surface area (Å²) in [5, 5.41) is 10.7. The fourth-order valence-corrected chi connectivity index (χ4v) is 14.8. The normalized spacial score (nSPS) is 13.8. The summed E-state index contributed by atoms with van der Waals surface area (Å²) in [6.07, 6.45) is 68.1. The second-order valence-electron chi connectivity index (χ2n) is 31.5. The molecule has 0 aliphatic heterocycles. The summed E-state index contributed by atoms with van der Waals surface area (Å²) in [5.41, 5.74) is 0. The minimum Gasteiger partial charge on any atom is -0.462 e. The van der Waals surface area contributed by atoms with Gasteiger partial charge in [0.2, 0.25) is 0 Å². The number of phosphoric ester groups is 2. The second-order valence-corrected chi connectivity index (χ2v) is 34.4. The van der Waals surface area contributed by atoms with E-state index in [0.29, 0.717) is 25.7 Å². The predicted octanol–water partition coefficient (Wildman–Crippen LogP) is 25.8. The summed E-state index contributed by atoms with van der Waals surface area (Å²) < 4.78 is 68.8. The van der Waals surface area contributed by atoms with Gasteiger partial charge in [0.25, 0.3) is 0 Å². The van der Waals surface area contributed by atoms with Crippen molar-refractivity contribution >= 4 is 39.5 Å². The largest absolute Gasteiger partial charge is 0.472 e. The highest BCUT2D eigenvalue weighted by Gasteiger charge is 2.30. The van der Waals surface area contributed by atoms with Crippen LogP contribution in [0.2, 0.25) is 0 Å². The van der Waals surface area contributed by atoms with Gasteiger partial charge >= 0.3 is 39.5 Å². The van der Waals surface area contributed by atoms with Crippen LogP contribution < -0.4 is 0 Å². The molecular weight excluding hydrogens is 1350 g/mol. The zero-order valence-corrected chi connectivity index (χ0v) is 70.1. The number of aliphatic hydroxyl groups is 1. The van der Waals surface area contributed by atoms with E-state index in [-0.39, 0.29) is 25.7 Å². The Labute approximate surface area is 638 Å². The Morgan fingerprint density at radius 3 is 0.654 bits per heavy atom. The Hall–Kier alpha value is -1.94. The first-order valence-electron chi connectivity index (χ1n) is 44.0. The number of rotatable bonds is 84. The standard InChI is InChI=1S/C85H166O17P2/c1-7-9-11-13-15-17-19-20-21-22-23-24-25-26-27-28-33-39-45-51-57-63-69-84(89)102-81(74-96-83(88)68-62-56-50-44-38-34-29-31-36-41-47-53-59-65-77(3)4)76-100-104(93,94)98-72-79(86)71-97-103(91,92)99-75-80(73-95-82(87)67-61-55-49-43-18-16-14-12-10-8-2)101-85(90)70-64-58-52-46-40-35-30-32-37-42-48-54-60-66-78(5)6/h77-81,86H,7-76H2,1-6H3,(H,91,92)(H,93,94)/t79-,80+,81+/m0/s1. The number of hydrogen-bond donors (Lipinski definition) is 3. The van der Waals surface area contributed by atoms with Crippen LogP contribution in [0.5, 0.6) is 0 Å². The molecule has 0 amide bonds. The SMILES string of the molecule is CCCCCCCCCCCCCCCCCCCCCCCCC(=O)O[C@H](COC(=O)CCCCCCCCCCCCCCCC(C)C)COP(=O)(O)OC[C@@H](O)COP(=O)(O)OC[C@@H](COC(=O)CCCCCCCCCCCC)OC(=O)CCCCCCCCCCCCCCCC(C)C. The van der Waals surface area contributed by atoms with Crippen molar-refractivity contribution in [2.75, 3.05) is 39.6 Å². The molecule has 104 heavy (non-hydrogen) atoms. The lowest BCUT2D eigenvalue weighted by Gasteiger charge is -2.21. The van der Waals surface area contributed by atoms with Crippen LogP contribution in [-0.4, -0.2) is 96.7 Å². The van der Waals surface area contributed by atoms with E-state index in [4.69, 9.17) is 37.0 Å². The topological polar surface area (TPSA) is 237 Å². The molecule has 0 saturated heterocycles. The van der Waals surface area contributed by atoms with E-state index in [1.54, 1.807) is 0 Å². The number of phosphoric acid groups is 2. The van der Waals surface area contributed by atoms with Crippen molar-refractivity contribution in [2.24, 2.45) is 11.8 Å². The zero-order valence-electron chi connectivity index (χ0n) is 68.3. The van der Waals surface area contributed by atoms with Crippen molar-refractivity contribution in [3.63, 3.8) is 0 Å². The van der Waals surface area contributed by atoms with Gasteiger partial charge in [0, 0.05) is 25.7 Å². The summed E-state index contributed by atoms with van der Waals surface area (Å²) in [5.74, 6) is -0.526. The quantitative estimate of drug-likeness (QED) is 0.0222. The Morgan fingerprint density at radius 2 is 0.442 bits per heavy atom. The molecule has 3 N–H and O–H groups in total. The second kappa shape index (κ2) is 76.4. The first-order valence-corrected chi connectivity index (χ1v) is 47.0. The molecule has 19 heteroatoms. The molecule has 0 aliphatic rings. The van der Waals surface area contributed by atoms with E-state index >= 15 is 0 Å². The van der Waals surface area contributed by atoms with Crippen molar-refractivity contribution in [3.05, 3.63) is 0 Å². The maximum absolute atomic E-state index is 13.1. The predicted molar refractivity (Wildman–Crippen MR) is 428 cm³/mol. The molecule has 2 unspecified atom stereocenters. The van der Waals surface area contributed by atoms with Crippen LogP contribution in [-0.2, 0) is 65.4 Å². The molecule has 0 rings (SSSR count). The first-order chi connectivity index (χ1) is 50.4. The molecule has 0 aromatic carbocycles. The molecule has 0 heterocycles. The van der Waals surface area contributed by atoms with Crippen molar-refractivity contribution in [1.29, 1.82) is 0 Å². The molecule has 0 bridgehead atoms. The van der Waals surface area contributed by atoms with E-state index in [1.807, 2.05) is 0 Å². The highest BCUT2D eigenvalue weighted by Crippen LogP contribution is 2.45. The number of carbonyl (C=O) groups is 4. The maximum Gasteiger partial charge on any atom is 0.472 e. The Bertz CT molecular complexity index is 1990. The van der Waals surface area contributed by atoms with Gasteiger partial charge in [0.15, 0.2) is 12.2 Å². The molecule has 0 aromatic heterocycles. The van der Waals surface area contributed by atoms with Gasteiger partial charge < -0.3 is 33.8 Å². The third-order valence-electron chi connectivity index (χ3n) is 20.0. The lowest BCUT2D eigenvalue weighted by Crippen LogP contribution is -2.30. The smallest absolute Gasteiger partial charge is 0.462 e. The molecular formula is C85H166O17P2. The van der Waals surface area contributed by atoms with Gasteiger partial charge in [-0.3, -0.25) is 37.3 Å². The van der Waals surface area contributed by atoms with E-state index in [9.17, 15) is 43.2 Å². The third kappa shape index (κ3) is 78.2. The van der Waals surface area contributed by atoms with Crippen LogP contribution in [0, 0.1) is 11.8 Å². The minimum atomic E-state index is -4.96. The molecule has 17 nitrogen and oxygen atoms in total. The van der Waals surface area contributed by atoms with Crippen LogP contribution >= 0.6 is 15.6 Å². The summed E-state index contributed by atoms with van der Waals surface area (Å²) in [4.78, 5) is 73.2. The third-order valence-corrected chi connectivity index (χ3v) is 21.9. The Balaban J connectivity index is 5.21. The summed E-state index contributed by atoms with van der Waals surface area (Å²) in [7, 11) is -9.92. The van der Waals surface area contributed by atoms with Gasteiger partial charge in [-0.25, -0.2) is 9.13 Å². The lowest BCUT2D eigenvalue weighted by molar-refractivity contribution is -0.161. The van der Waals surface area contributed by atoms with Crippen molar-refractivity contribution in [1.82, 2.24) is 0 Å². The number of carbonyl (C=O) groups excluding carboxylic acids is 4. The van der Waals surface area contributed by atoms with Crippen molar-refractivity contribution in [2.45, 2.75) is 471 Å². The number of unbranched alkanes of at least 4 members (excludes halogenated alkanes) is 54. The highest BCUT2D eigenvalue weighted by molar-refractivity contribution is 7.47. The van der Waals surface area contributed by atoms with Gasteiger partial charge in [0.05, 0.1) is 26.4 Å². The first kappa shape index (κ1) is 102. The molecule has 0 fully saturated rings. The molecule has 0 radical (unpaired) electrons. The fraction of sp³-hybridized carbons (Fsp3) is 0.953. The summed E-state index contributed by atoms with van der Waals surface area (Å²) >= 11 is 0. The van der Waals surface area contributed by atoms with Crippen molar-refractivity contribution < 1.29 is 80.2 Å². The number of aliphatic hydroxyl groups excluding tert-OH is 1. The molecule has 0 aromatic rings. The molecule has 618 valence electrons. The van der Waals surface area contributed by atoms with Gasteiger partial charge in [0.1, 0.15) is 19.3 Å². The van der Waals surface area contributed by atoms with E-state index in [2.05, 4.69) is 41.5 Å². The monoisotopic (exact) mass is 1520 g/mol. The van der Waals surface area contributed by atoms with E-state index in [1.165, 1.54) is 270 Å². The van der Waals surface area contributed by atoms with E-state index in [0.717, 1.165) is 102 Å². The Kier molecular flexibility index (Phi) is 75.0. The molecule has 0 spiro atoms. The van der Waals surface area contributed by atoms with Crippen molar-refractivity contribution in [3.8, 4) is 0 Å². The van der Waals surface area contributed by atoms with Crippen LogP contribution in [0.1, 0.15) is 452 Å². The number of ether oxygens (including phenoxy) is 4.